The van der Waals surface area contributed by atoms with E-state index in [4.69, 9.17) is 4.74 Å². The van der Waals surface area contributed by atoms with Gasteiger partial charge < -0.3 is 15.4 Å². The molecule has 20 heavy (non-hydrogen) atoms. The summed E-state index contributed by atoms with van der Waals surface area (Å²) in [7, 11) is 1.62. The maximum Gasteiger partial charge on any atom is 0.231 e. The number of benzene rings is 1. The minimum atomic E-state index is -0.299. The zero-order chi connectivity index (χ0) is 14.6. The minimum Gasteiger partial charge on any atom is -0.495 e. The van der Waals surface area contributed by atoms with E-state index in [1.54, 1.807) is 7.11 Å². The average molecular weight is 276 g/mol. The van der Waals surface area contributed by atoms with Crippen molar-refractivity contribution in [2.75, 3.05) is 25.5 Å². The SMILES string of the molecule is CCC1(C(=O)Nc2cc(C)ccc2OC)CCCNC1. The highest BCUT2D eigenvalue weighted by atomic mass is 16.5. The Kier molecular flexibility index (Phi) is 4.65. The first-order valence-electron chi connectivity index (χ1n) is 7.28. The van der Waals surface area contributed by atoms with Gasteiger partial charge in [0.25, 0.3) is 0 Å². The molecule has 1 fully saturated rings. The number of hydrogen-bond donors (Lipinski definition) is 2. The highest BCUT2D eigenvalue weighted by molar-refractivity contribution is 5.96. The smallest absolute Gasteiger partial charge is 0.231 e. The first-order chi connectivity index (χ1) is 9.61. The largest absolute Gasteiger partial charge is 0.495 e. The van der Waals surface area contributed by atoms with Crippen LogP contribution in [-0.2, 0) is 4.79 Å². The fourth-order valence-electron chi connectivity index (χ4n) is 2.80. The fraction of sp³-hybridized carbons (Fsp3) is 0.562. The Labute approximate surface area is 120 Å². The van der Waals surface area contributed by atoms with Gasteiger partial charge in [0.1, 0.15) is 5.75 Å². The van der Waals surface area contributed by atoms with Crippen LogP contribution in [0.3, 0.4) is 0 Å². The molecule has 1 heterocycles. The number of aryl methyl sites for hydroxylation is 1. The number of ether oxygens (including phenoxy) is 1. The third kappa shape index (κ3) is 2.96. The second-order valence-electron chi connectivity index (χ2n) is 5.57. The van der Waals surface area contributed by atoms with Gasteiger partial charge in [-0.2, -0.15) is 0 Å². The number of methoxy groups -OCH3 is 1. The molecule has 0 bridgehead atoms. The Bertz CT molecular complexity index is 479. The summed E-state index contributed by atoms with van der Waals surface area (Å²) in [5.74, 6) is 0.801. The van der Waals surface area contributed by atoms with Crippen LogP contribution in [0.5, 0.6) is 5.75 Å². The lowest BCUT2D eigenvalue weighted by atomic mass is 9.77. The molecule has 0 aromatic heterocycles. The van der Waals surface area contributed by atoms with Gasteiger partial charge in [-0.15, -0.1) is 0 Å². The first kappa shape index (κ1) is 14.9. The molecule has 2 rings (SSSR count). The van der Waals surface area contributed by atoms with Gasteiger partial charge in [0.15, 0.2) is 0 Å². The van der Waals surface area contributed by atoms with Crippen LogP contribution in [0, 0.1) is 12.3 Å². The van der Waals surface area contributed by atoms with Crippen molar-refractivity contribution in [1.29, 1.82) is 0 Å². The molecule has 1 unspecified atom stereocenters. The summed E-state index contributed by atoms with van der Waals surface area (Å²) in [6.45, 7) is 5.85. The van der Waals surface area contributed by atoms with Gasteiger partial charge >= 0.3 is 0 Å². The molecule has 1 amide bonds. The number of anilines is 1. The number of carbonyl (C=O) groups excluding carboxylic acids is 1. The maximum atomic E-state index is 12.7. The minimum absolute atomic E-state index is 0.0936. The summed E-state index contributed by atoms with van der Waals surface area (Å²) in [6, 6.07) is 5.82. The summed E-state index contributed by atoms with van der Waals surface area (Å²) < 4.78 is 5.32. The van der Waals surface area contributed by atoms with Crippen LogP contribution >= 0.6 is 0 Å². The predicted molar refractivity (Wildman–Crippen MR) is 81.2 cm³/mol. The van der Waals surface area contributed by atoms with Crippen molar-refractivity contribution >= 4 is 11.6 Å². The molecule has 1 aliphatic rings. The van der Waals surface area contributed by atoms with E-state index in [2.05, 4.69) is 17.6 Å². The molecule has 0 radical (unpaired) electrons. The number of nitrogens with one attached hydrogen (secondary N) is 2. The molecular weight excluding hydrogens is 252 g/mol. The van der Waals surface area contributed by atoms with Crippen molar-refractivity contribution < 1.29 is 9.53 Å². The van der Waals surface area contributed by atoms with Crippen LogP contribution < -0.4 is 15.4 Å². The average Bonchev–Trinajstić information content (AvgIpc) is 2.48. The summed E-state index contributed by atoms with van der Waals surface area (Å²) in [4.78, 5) is 12.7. The molecule has 1 atom stereocenters. The monoisotopic (exact) mass is 276 g/mol. The van der Waals surface area contributed by atoms with Crippen LogP contribution in [0.1, 0.15) is 31.7 Å². The molecular formula is C16H24N2O2. The lowest BCUT2D eigenvalue weighted by Crippen LogP contribution is -2.47. The van der Waals surface area contributed by atoms with E-state index < -0.39 is 0 Å². The van der Waals surface area contributed by atoms with E-state index in [-0.39, 0.29) is 11.3 Å². The Morgan fingerprint density at radius 1 is 1.50 bits per heavy atom. The first-order valence-corrected chi connectivity index (χ1v) is 7.28. The lowest BCUT2D eigenvalue weighted by Gasteiger charge is -2.35. The highest BCUT2D eigenvalue weighted by Gasteiger charge is 2.38. The predicted octanol–water partition coefficient (Wildman–Crippen LogP) is 2.72. The van der Waals surface area contributed by atoms with Crippen LogP contribution in [0.4, 0.5) is 5.69 Å². The van der Waals surface area contributed by atoms with Gasteiger partial charge in [-0.1, -0.05) is 13.0 Å². The van der Waals surface area contributed by atoms with Gasteiger partial charge in [0.2, 0.25) is 5.91 Å². The number of carbonyl (C=O) groups is 1. The number of hydrogen-bond acceptors (Lipinski definition) is 3. The Morgan fingerprint density at radius 2 is 2.30 bits per heavy atom. The van der Waals surface area contributed by atoms with E-state index >= 15 is 0 Å². The van der Waals surface area contributed by atoms with Gasteiger partial charge in [-0.25, -0.2) is 0 Å². The molecule has 0 aliphatic carbocycles. The molecule has 1 aromatic carbocycles. The fourth-order valence-corrected chi connectivity index (χ4v) is 2.80. The molecule has 110 valence electrons. The van der Waals surface area contributed by atoms with Crippen molar-refractivity contribution in [3.63, 3.8) is 0 Å². The topological polar surface area (TPSA) is 50.4 Å². The summed E-state index contributed by atoms with van der Waals surface area (Å²) in [5, 5.41) is 6.40. The van der Waals surface area contributed by atoms with Gasteiger partial charge in [-0.05, 0) is 50.4 Å². The van der Waals surface area contributed by atoms with Gasteiger partial charge in [0.05, 0.1) is 18.2 Å². The maximum absolute atomic E-state index is 12.7. The van der Waals surface area contributed by atoms with Gasteiger partial charge in [0, 0.05) is 6.54 Å². The Morgan fingerprint density at radius 3 is 2.90 bits per heavy atom. The van der Waals surface area contributed by atoms with E-state index in [0.29, 0.717) is 5.75 Å². The number of rotatable bonds is 4. The Balaban J connectivity index is 2.20. The molecule has 1 aliphatic heterocycles. The molecule has 4 heteroatoms. The standard InChI is InChI=1S/C16H24N2O2/c1-4-16(8-5-9-17-11-16)15(19)18-13-10-12(2)6-7-14(13)20-3/h6-7,10,17H,4-5,8-9,11H2,1-3H3,(H,18,19). The molecule has 2 N–H and O–H groups in total. The van der Waals surface area contributed by atoms with Gasteiger partial charge in [-0.3, -0.25) is 4.79 Å². The van der Waals surface area contributed by atoms with E-state index in [9.17, 15) is 4.79 Å². The third-order valence-corrected chi connectivity index (χ3v) is 4.23. The van der Waals surface area contributed by atoms with Crippen molar-refractivity contribution in [1.82, 2.24) is 5.32 Å². The molecule has 0 spiro atoms. The van der Waals surface area contributed by atoms with Crippen LogP contribution in [0.2, 0.25) is 0 Å². The van der Waals surface area contributed by atoms with E-state index in [1.807, 2.05) is 25.1 Å². The van der Waals surface area contributed by atoms with Crippen LogP contribution in [0.25, 0.3) is 0 Å². The number of amides is 1. The van der Waals surface area contributed by atoms with Crippen LogP contribution in [0.15, 0.2) is 18.2 Å². The van der Waals surface area contributed by atoms with Crippen molar-refractivity contribution in [3.8, 4) is 5.75 Å². The van der Waals surface area contributed by atoms with E-state index in [1.165, 1.54) is 0 Å². The Hall–Kier alpha value is -1.55. The summed E-state index contributed by atoms with van der Waals surface area (Å²) in [6.07, 6.45) is 2.84. The second kappa shape index (κ2) is 6.27. The highest BCUT2D eigenvalue weighted by Crippen LogP contribution is 2.33. The number of piperidine rings is 1. The molecule has 1 aromatic rings. The summed E-state index contributed by atoms with van der Waals surface area (Å²) in [5.41, 5.74) is 1.57. The lowest BCUT2D eigenvalue weighted by molar-refractivity contribution is -0.126. The van der Waals surface area contributed by atoms with E-state index in [0.717, 1.165) is 43.6 Å². The van der Waals surface area contributed by atoms with Crippen molar-refractivity contribution in [3.05, 3.63) is 23.8 Å². The normalized spacial score (nSPS) is 22.4. The molecule has 1 saturated heterocycles. The van der Waals surface area contributed by atoms with Crippen LogP contribution in [-0.4, -0.2) is 26.1 Å². The second-order valence-corrected chi connectivity index (χ2v) is 5.57. The zero-order valence-electron chi connectivity index (χ0n) is 12.6. The quantitative estimate of drug-likeness (QED) is 0.889. The van der Waals surface area contributed by atoms with Crippen molar-refractivity contribution in [2.45, 2.75) is 33.1 Å². The van der Waals surface area contributed by atoms with Crippen molar-refractivity contribution in [2.24, 2.45) is 5.41 Å². The third-order valence-electron chi connectivity index (χ3n) is 4.23. The molecule has 4 nitrogen and oxygen atoms in total. The molecule has 0 saturated carbocycles. The zero-order valence-corrected chi connectivity index (χ0v) is 12.6. The summed E-state index contributed by atoms with van der Waals surface area (Å²) >= 11 is 0.